The highest BCUT2D eigenvalue weighted by Gasteiger charge is 2.28. The Kier molecular flexibility index (Phi) is 10.4. The van der Waals surface area contributed by atoms with Gasteiger partial charge in [0.05, 0.1) is 0 Å². The quantitative estimate of drug-likeness (QED) is 0.0819. The van der Waals surface area contributed by atoms with Crippen LogP contribution in [0.2, 0.25) is 0 Å². The van der Waals surface area contributed by atoms with Gasteiger partial charge >= 0.3 is 5.97 Å². The second-order valence-corrected chi connectivity index (χ2v) is 8.28. The Labute approximate surface area is 211 Å². The zero-order valence-corrected chi connectivity index (χ0v) is 19.9. The lowest BCUT2D eigenvalue weighted by atomic mass is 10.0. The number of phenolic OH excluding ortho intramolecular Hbond substituents is 1. The van der Waals surface area contributed by atoms with Gasteiger partial charge in [0.1, 0.15) is 23.9 Å². The van der Waals surface area contributed by atoms with Gasteiger partial charge in [0.15, 0.2) is 11.7 Å². The number of nitrogens with one attached hydrogen (secondary N) is 2. The number of hydrogen-bond acceptors (Lipinski definition) is 8. The smallest absolute Gasteiger partial charge is 0.326 e. The molecule has 14 nitrogen and oxygen atoms in total. The van der Waals surface area contributed by atoms with Crippen molar-refractivity contribution in [2.24, 2.45) is 22.2 Å². The molecular weight excluding hydrogens is 486 g/mol. The third kappa shape index (κ3) is 9.52. The maximum absolute atomic E-state index is 13.0. The number of carbonyl (C=O) groups excluding carboxylic acids is 2. The molecule has 1 heterocycles. The number of carboxylic acids is 1. The molecule has 0 aliphatic carbocycles. The Morgan fingerprint density at radius 2 is 1.65 bits per heavy atom. The molecule has 200 valence electrons. The van der Waals surface area contributed by atoms with Crippen molar-refractivity contribution in [3.63, 3.8) is 0 Å². The van der Waals surface area contributed by atoms with Crippen LogP contribution >= 0.6 is 0 Å². The number of aromatic hydroxyl groups is 2. The predicted octanol–water partition coefficient (Wildman–Crippen LogP) is -2.06. The van der Waals surface area contributed by atoms with Crippen LogP contribution in [0.25, 0.3) is 0 Å². The molecule has 0 aliphatic heterocycles. The number of nitrogens with zero attached hydrogens (tertiary/aromatic N) is 2. The number of aliphatic carboxylic acids is 1. The van der Waals surface area contributed by atoms with Gasteiger partial charge in [-0.25, -0.2) is 4.79 Å². The Hall–Kier alpha value is -4.59. The van der Waals surface area contributed by atoms with E-state index in [4.69, 9.17) is 17.2 Å². The second-order valence-electron chi connectivity index (χ2n) is 8.28. The van der Waals surface area contributed by atoms with Gasteiger partial charge in [0, 0.05) is 38.0 Å². The maximum atomic E-state index is 13.0. The first-order chi connectivity index (χ1) is 17.5. The number of aromatic nitrogens is 1. The predicted molar refractivity (Wildman–Crippen MR) is 134 cm³/mol. The van der Waals surface area contributed by atoms with E-state index in [1.54, 1.807) is 0 Å². The molecule has 11 N–H and O–H groups in total. The lowest BCUT2D eigenvalue weighted by molar-refractivity contribution is -0.142. The summed E-state index contributed by atoms with van der Waals surface area (Å²) in [7, 11) is 0. The van der Waals surface area contributed by atoms with Crippen LogP contribution in [-0.2, 0) is 27.3 Å². The lowest BCUT2D eigenvalue weighted by Crippen LogP contribution is -2.55. The summed E-state index contributed by atoms with van der Waals surface area (Å²) >= 11 is 0. The standard InChI is InChI=1S/C23H31N7O7/c24-15(11-30-9-7-18(32)19(33)12-30)20(34)28-16(2-1-8-27-23(25)26)21(35)29-17(22(36)37)10-13-3-5-14(31)6-4-13/h3-7,9,12,15-17,31,33H,1-2,8,10-11,24H2,(H,28,34)(H,29,35)(H,36,37)(H4,25,26,27)/t15?,16-,17-/m0/s1. The van der Waals surface area contributed by atoms with E-state index in [1.165, 1.54) is 35.0 Å². The number of benzene rings is 1. The molecule has 0 fully saturated rings. The number of amides is 2. The van der Waals surface area contributed by atoms with Gasteiger partial charge in [-0.05, 0) is 30.5 Å². The zero-order chi connectivity index (χ0) is 27.5. The molecule has 1 aromatic carbocycles. The number of pyridine rings is 1. The molecule has 0 bridgehead atoms. The van der Waals surface area contributed by atoms with Crippen LogP contribution in [-0.4, -0.2) is 68.3 Å². The van der Waals surface area contributed by atoms with Gasteiger partial charge in [0.25, 0.3) is 0 Å². The molecule has 0 saturated heterocycles. The number of rotatable bonds is 13. The molecule has 2 rings (SSSR count). The second kappa shape index (κ2) is 13.5. The molecule has 1 unspecified atom stereocenters. The third-order valence-corrected chi connectivity index (χ3v) is 5.27. The van der Waals surface area contributed by atoms with E-state index in [0.29, 0.717) is 5.56 Å². The van der Waals surface area contributed by atoms with Crippen LogP contribution in [0.3, 0.4) is 0 Å². The normalized spacial score (nSPS) is 13.1. The summed E-state index contributed by atoms with van der Waals surface area (Å²) in [5.74, 6) is -3.40. The van der Waals surface area contributed by atoms with E-state index in [2.05, 4.69) is 15.6 Å². The van der Waals surface area contributed by atoms with Gasteiger partial charge < -0.3 is 47.7 Å². The van der Waals surface area contributed by atoms with Crippen LogP contribution in [0, 0.1) is 0 Å². The summed E-state index contributed by atoms with van der Waals surface area (Å²) in [6.07, 6.45) is 2.76. The highest BCUT2D eigenvalue weighted by atomic mass is 16.4. The first-order valence-electron chi connectivity index (χ1n) is 11.3. The van der Waals surface area contributed by atoms with E-state index < -0.39 is 47.1 Å². The number of hydrogen-bond donors (Lipinski definition) is 8. The molecule has 2 amide bonds. The van der Waals surface area contributed by atoms with Crippen molar-refractivity contribution in [3.05, 3.63) is 58.5 Å². The highest BCUT2D eigenvalue weighted by Crippen LogP contribution is 2.12. The Bertz CT molecular complexity index is 1180. The van der Waals surface area contributed by atoms with Crippen molar-refractivity contribution in [1.29, 1.82) is 0 Å². The molecule has 0 radical (unpaired) electrons. The third-order valence-electron chi connectivity index (χ3n) is 5.27. The van der Waals surface area contributed by atoms with Gasteiger partial charge in [0.2, 0.25) is 17.2 Å². The number of nitrogens with two attached hydrogens (primary N) is 3. The molecule has 2 aromatic rings. The van der Waals surface area contributed by atoms with Crippen molar-refractivity contribution < 1.29 is 29.7 Å². The maximum Gasteiger partial charge on any atom is 0.326 e. The highest BCUT2D eigenvalue weighted by molar-refractivity contribution is 5.91. The van der Waals surface area contributed by atoms with E-state index in [9.17, 15) is 34.5 Å². The average molecular weight is 518 g/mol. The SMILES string of the molecule is NC(N)=NCCC[C@H](NC(=O)C(N)Cn1ccc(=O)c(O)c1)C(=O)N[C@@H](Cc1ccc(O)cc1)C(=O)O. The molecule has 0 aliphatic rings. The van der Waals surface area contributed by atoms with Crippen molar-refractivity contribution in [3.8, 4) is 11.5 Å². The molecule has 37 heavy (non-hydrogen) atoms. The van der Waals surface area contributed by atoms with Crippen molar-refractivity contribution >= 4 is 23.7 Å². The van der Waals surface area contributed by atoms with Gasteiger partial charge in [-0.1, -0.05) is 12.1 Å². The summed E-state index contributed by atoms with van der Waals surface area (Å²) in [5.41, 5.74) is 16.5. The van der Waals surface area contributed by atoms with Crippen molar-refractivity contribution in [2.75, 3.05) is 6.54 Å². The minimum Gasteiger partial charge on any atom is -0.508 e. The van der Waals surface area contributed by atoms with Crippen molar-refractivity contribution in [1.82, 2.24) is 15.2 Å². The molecule has 0 saturated carbocycles. The topological polar surface area (TPSA) is 248 Å². The van der Waals surface area contributed by atoms with Gasteiger partial charge in [-0.15, -0.1) is 0 Å². The monoisotopic (exact) mass is 517 g/mol. The summed E-state index contributed by atoms with van der Waals surface area (Å²) in [6.45, 7) is 0.0567. The minimum atomic E-state index is -1.31. The van der Waals surface area contributed by atoms with E-state index in [0.717, 1.165) is 12.3 Å². The van der Waals surface area contributed by atoms with Gasteiger partial charge in [-0.2, -0.15) is 0 Å². The fourth-order valence-corrected chi connectivity index (χ4v) is 3.33. The number of phenols is 1. The van der Waals surface area contributed by atoms with Crippen LogP contribution in [0.1, 0.15) is 18.4 Å². The molecule has 3 atom stereocenters. The number of aliphatic imine (C=N–C) groups is 1. The molecular formula is C23H31N7O7. The summed E-state index contributed by atoms with van der Waals surface area (Å²) in [4.78, 5) is 52.7. The van der Waals surface area contributed by atoms with Gasteiger partial charge in [-0.3, -0.25) is 19.4 Å². The van der Waals surface area contributed by atoms with E-state index in [-0.39, 0.29) is 44.1 Å². The number of carboxylic acid groups (broad SMARTS) is 1. The van der Waals surface area contributed by atoms with E-state index >= 15 is 0 Å². The Morgan fingerprint density at radius 1 is 1.00 bits per heavy atom. The number of guanidine groups is 1. The Balaban J connectivity index is 2.11. The number of carbonyl (C=O) groups is 3. The van der Waals surface area contributed by atoms with Crippen LogP contribution < -0.4 is 33.3 Å². The molecule has 14 heteroatoms. The first-order valence-corrected chi connectivity index (χ1v) is 11.3. The largest absolute Gasteiger partial charge is 0.508 e. The fourth-order valence-electron chi connectivity index (χ4n) is 3.33. The summed E-state index contributed by atoms with van der Waals surface area (Å²) < 4.78 is 1.34. The minimum absolute atomic E-state index is 0.0110. The fraction of sp³-hybridized carbons (Fsp3) is 0.348. The van der Waals surface area contributed by atoms with Crippen LogP contribution in [0.5, 0.6) is 11.5 Å². The van der Waals surface area contributed by atoms with Crippen molar-refractivity contribution in [2.45, 2.75) is 43.9 Å². The average Bonchev–Trinajstić information content (AvgIpc) is 2.83. The van der Waals surface area contributed by atoms with Crippen LogP contribution in [0.15, 0.2) is 52.5 Å². The Morgan fingerprint density at radius 3 is 2.24 bits per heavy atom. The van der Waals surface area contributed by atoms with E-state index in [1.807, 2.05) is 0 Å². The zero-order valence-electron chi connectivity index (χ0n) is 19.9. The lowest BCUT2D eigenvalue weighted by Gasteiger charge is -2.23. The summed E-state index contributed by atoms with van der Waals surface area (Å²) in [5, 5.41) is 33.5. The molecule has 1 aromatic heterocycles. The van der Waals surface area contributed by atoms with Crippen LogP contribution in [0.4, 0.5) is 0 Å². The molecule has 0 spiro atoms. The summed E-state index contributed by atoms with van der Waals surface area (Å²) in [6, 6.07) is 3.32. The first kappa shape index (κ1) is 28.6.